The summed E-state index contributed by atoms with van der Waals surface area (Å²) >= 11 is 0.321. The quantitative estimate of drug-likeness (QED) is 0.388. The van der Waals surface area contributed by atoms with Gasteiger partial charge in [-0.25, -0.2) is 0 Å². The van der Waals surface area contributed by atoms with E-state index in [-0.39, 0.29) is 0 Å². The predicted octanol–water partition coefficient (Wildman–Crippen LogP) is 3.65. The van der Waals surface area contributed by atoms with Gasteiger partial charge in [-0.3, -0.25) is 0 Å². The second-order valence-electron chi connectivity index (χ2n) is 5.06. The molecule has 4 rings (SSSR count). The van der Waals surface area contributed by atoms with Crippen LogP contribution in [0, 0.1) is 0 Å². The Hall–Kier alpha value is -2.08. The Morgan fingerprint density at radius 1 is 0.524 bits per heavy atom. The van der Waals surface area contributed by atoms with Gasteiger partial charge in [0.2, 0.25) is 0 Å². The van der Waals surface area contributed by atoms with E-state index in [1.807, 2.05) is 0 Å². The van der Waals surface area contributed by atoms with Crippen molar-refractivity contribution in [1.82, 2.24) is 0 Å². The summed E-state index contributed by atoms with van der Waals surface area (Å²) < 4.78 is 2.91. The van der Waals surface area contributed by atoms with Gasteiger partial charge in [-0.05, 0) is 0 Å². The molecule has 0 aliphatic heterocycles. The van der Waals surface area contributed by atoms with Gasteiger partial charge in [-0.1, -0.05) is 0 Å². The van der Waals surface area contributed by atoms with Crippen LogP contribution in [0.5, 0.6) is 0 Å². The number of benzene rings is 4. The molecule has 1 heteroatoms. The number of rotatable bonds is 2. The molecule has 4 aromatic carbocycles. The first kappa shape index (κ1) is 12.6. The van der Waals surface area contributed by atoms with Crippen LogP contribution in [0.1, 0.15) is 0 Å². The van der Waals surface area contributed by atoms with Crippen molar-refractivity contribution in [1.29, 1.82) is 0 Å². The fourth-order valence-electron chi connectivity index (χ4n) is 2.69. The molecule has 4 aromatic rings. The van der Waals surface area contributed by atoms with E-state index in [0.717, 1.165) is 0 Å². The molecule has 0 fully saturated rings. The molecule has 0 aromatic heterocycles. The van der Waals surface area contributed by atoms with Crippen molar-refractivity contribution < 1.29 is 0 Å². The van der Waals surface area contributed by atoms with Gasteiger partial charge in [-0.15, -0.1) is 0 Å². The normalized spacial score (nSPS) is 11.0. The molecular weight excluding hydrogens is 319 g/mol. The average Bonchev–Trinajstić information content (AvgIpc) is 2.55. The third-order valence-corrected chi connectivity index (χ3v) is 6.10. The van der Waals surface area contributed by atoms with Gasteiger partial charge in [-0.2, -0.15) is 0 Å². The van der Waals surface area contributed by atoms with Gasteiger partial charge in [0.15, 0.2) is 0 Å². The fourth-order valence-corrected chi connectivity index (χ4v) is 5.04. The topological polar surface area (TPSA) is 0 Å². The summed E-state index contributed by atoms with van der Waals surface area (Å²) in [5.41, 5.74) is 0. The van der Waals surface area contributed by atoms with Gasteiger partial charge in [0.05, 0.1) is 0 Å². The van der Waals surface area contributed by atoms with Crippen molar-refractivity contribution in [2.75, 3.05) is 0 Å². The third kappa shape index (κ3) is 2.35. The Labute approximate surface area is 130 Å². The zero-order chi connectivity index (χ0) is 14.1. The Morgan fingerprint density at radius 2 is 1.05 bits per heavy atom. The molecule has 0 nitrogen and oxygen atoms in total. The molecule has 0 aliphatic carbocycles. The molecule has 0 aliphatic rings. The first-order chi connectivity index (χ1) is 10.4. The van der Waals surface area contributed by atoms with Gasteiger partial charge in [0, 0.05) is 0 Å². The molecule has 0 heterocycles. The van der Waals surface area contributed by atoms with Crippen molar-refractivity contribution in [2.24, 2.45) is 0 Å². The summed E-state index contributed by atoms with van der Waals surface area (Å²) in [4.78, 5) is 0. The molecule has 0 saturated carbocycles. The molecule has 0 spiro atoms. The molecular formula is C20H14Se. The van der Waals surface area contributed by atoms with Crippen LogP contribution in [-0.2, 0) is 0 Å². The van der Waals surface area contributed by atoms with Crippen LogP contribution in [-0.4, -0.2) is 15.0 Å². The summed E-state index contributed by atoms with van der Waals surface area (Å²) in [6, 6.07) is 30.6. The monoisotopic (exact) mass is 334 g/mol. The average molecular weight is 333 g/mol. The SMILES string of the molecule is c1ccc([Se]c2c3ccccc3cc3ccccc23)cc1. The van der Waals surface area contributed by atoms with E-state index in [1.165, 1.54) is 30.5 Å². The summed E-state index contributed by atoms with van der Waals surface area (Å²) in [6.45, 7) is 0. The minimum absolute atomic E-state index is 0.321. The van der Waals surface area contributed by atoms with E-state index in [4.69, 9.17) is 0 Å². The minimum atomic E-state index is 0.321. The van der Waals surface area contributed by atoms with E-state index in [2.05, 4.69) is 84.9 Å². The maximum absolute atomic E-state index is 2.30. The Bertz CT molecular complexity index is 856. The Kier molecular flexibility index (Phi) is 3.23. The summed E-state index contributed by atoms with van der Waals surface area (Å²) in [7, 11) is 0. The van der Waals surface area contributed by atoms with E-state index in [1.54, 1.807) is 0 Å². The summed E-state index contributed by atoms with van der Waals surface area (Å²) in [5, 5.41) is 5.45. The number of fused-ring (bicyclic) bond motifs is 2. The second kappa shape index (κ2) is 5.37. The van der Waals surface area contributed by atoms with Crippen molar-refractivity contribution in [3.05, 3.63) is 84.9 Å². The Morgan fingerprint density at radius 3 is 1.67 bits per heavy atom. The van der Waals surface area contributed by atoms with Gasteiger partial charge in [0.1, 0.15) is 0 Å². The molecule has 0 N–H and O–H groups in total. The van der Waals surface area contributed by atoms with Gasteiger partial charge < -0.3 is 0 Å². The molecule has 0 amide bonds. The van der Waals surface area contributed by atoms with Crippen LogP contribution in [0.2, 0.25) is 0 Å². The molecule has 21 heavy (non-hydrogen) atoms. The fraction of sp³-hybridized carbons (Fsp3) is 0. The van der Waals surface area contributed by atoms with Crippen LogP contribution >= 0.6 is 0 Å². The van der Waals surface area contributed by atoms with E-state index < -0.39 is 0 Å². The van der Waals surface area contributed by atoms with Crippen molar-refractivity contribution in [2.45, 2.75) is 0 Å². The van der Waals surface area contributed by atoms with Crippen molar-refractivity contribution in [3.63, 3.8) is 0 Å². The molecule has 0 bridgehead atoms. The zero-order valence-electron chi connectivity index (χ0n) is 11.5. The van der Waals surface area contributed by atoms with Crippen LogP contribution in [0.25, 0.3) is 21.5 Å². The number of hydrogen-bond acceptors (Lipinski definition) is 0. The first-order valence-corrected chi connectivity index (χ1v) is 8.76. The van der Waals surface area contributed by atoms with Gasteiger partial charge >= 0.3 is 130 Å². The van der Waals surface area contributed by atoms with Crippen LogP contribution in [0.15, 0.2) is 84.9 Å². The zero-order valence-corrected chi connectivity index (χ0v) is 13.2. The van der Waals surface area contributed by atoms with E-state index in [0.29, 0.717) is 15.0 Å². The van der Waals surface area contributed by atoms with Crippen LogP contribution < -0.4 is 8.92 Å². The summed E-state index contributed by atoms with van der Waals surface area (Å²) in [6.07, 6.45) is 0. The van der Waals surface area contributed by atoms with Gasteiger partial charge in [0.25, 0.3) is 0 Å². The Balaban J connectivity index is 2.02. The van der Waals surface area contributed by atoms with Crippen LogP contribution in [0.3, 0.4) is 0 Å². The molecule has 0 unspecified atom stereocenters. The molecule has 0 saturated heterocycles. The predicted molar refractivity (Wildman–Crippen MR) is 92.9 cm³/mol. The van der Waals surface area contributed by atoms with Crippen molar-refractivity contribution in [3.8, 4) is 0 Å². The number of hydrogen-bond donors (Lipinski definition) is 0. The maximum atomic E-state index is 2.30. The third-order valence-electron chi connectivity index (χ3n) is 3.68. The van der Waals surface area contributed by atoms with Crippen molar-refractivity contribution >= 4 is 45.4 Å². The van der Waals surface area contributed by atoms with Crippen LogP contribution in [0.4, 0.5) is 0 Å². The first-order valence-electron chi connectivity index (χ1n) is 7.05. The molecule has 100 valence electrons. The summed E-state index contributed by atoms with van der Waals surface area (Å²) in [5.74, 6) is 0. The molecule has 0 radical (unpaired) electrons. The standard InChI is InChI=1S/C20H14Se/c1-2-10-17(11-3-1)21-20-18-12-6-4-8-15(18)14-16-9-5-7-13-19(16)20/h1-14H. The van der Waals surface area contributed by atoms with E-state index >= 15 is 0 Å². The van der Waals surface area contributed by atoms with E-state index in [9.17, 15) is 0 Å². The molecule has 0 atom stereocenters. The second-order valence-corrected chi connectivity index (χ2v) is 7.34.